The molecule has 4 aromatic carbocycles. The Balaban J connectivity index is 0.000000168. The van der Waals surface area contributed by atoms with E-state index in [9.17, 15) is 13.2 Å². The molecule has 0 saturated heterocycles. The minimum absolute atomic E-state index is 0.0319. The largest absolute Gasteiger partial charge is 0.338 e. The number of nitrogens with one attached hydrogen (secondary N) is 1. The Hall–Kier alpha value is -4.33. The molecule has 0 saturated carbocycles. The fourth-order valence-electron chi connectivity index (χ4n) is 3.32. The van der Waals surface area contributed by atoms with Crippen LogP contribution in [0.4, 0.5) is 0 Å². The number of aromatic nitrogens is 2. The summed E-state index contributed by atoms with van der Waals surface area (Å²) in [6.07, 6.45) is 3.43. The zero-order valence-electron chi connectivity index (χ0n) is 18.6. The molecule has 7 heteroatoms. The van der Waals surface area contributed by atoms with E-state index in [4.69, 9.17) is 4.55 Å². The van der Waals surface area contributed by atoms with E-state index >= 15 is 0 Å². The normalized spacial score (nSPS) is 11.2. The van der Waals surface area contributed by atoms with Gasteiger partial charge in [0.1, 0.15) is 5.82 Å². The van der Waals surface area contributed by atoms with Crippen LogP contribution in [0, 0.1) is 0 Å². The van der Waals surface area contributed by atoms with Gasteiger partial charge in [0.2, 0.25) is 0 Å². The number of rotatable bonds is 5. The molecule has 2 N–H and O–H groups in total. The van der Waals surface area contributed by atoms with Gasteiger partial charge in [-0.2, -0.15) is 8.42 Å². The van der Waals surface area contributed by atoms with Gasteiger partial charge in [0, 0.05) is 11.1 Å². The van der Waals surface area contributed by atoms with Crippen LogP contribution in [-0.2, 0) is 10.1 Å². The first-order valence-electron chi connectivity index (χ1n) is 10.8. The zero-order chi connectivity index (χ0) is 24.7. The van der Waals surface area contributed by atoms with Crippen LogP contribution in [-0.4, -0.2) is 28.7 Å². The van der Waals surface area contributed by atoms with Crippen molar-refractivity contribution in [3.8, 4) is 11.4 Å². The van der Waals surface area contributed by atoms with Crippen LogP contribution in [0.2, 0.25) is 0 Å². The van der Waals surface area contributed by atoms with E-state index in [-0.39, 0.29) is 10.7 Å². The van der Waals surface area contributed by atoms with E-state index in [0.717, 1.165) is 16.7 Å². The molecule has 174 valence electrons. The molecule has 0 unspecified atom stereocenters. The number of carbonyl (C=O) groups excluding carboxylic acids is 1. The van der Waals surface area contributed by atoms with Gasteiger partial charge in [0.25, 0.3) is 10.1 Å². The molecule has 0 bridgehead atoms. The lowest BCUT2D eigenvalue weighted by molar-refractivity contribution is 0.104. The van der Waals surface area contributed by atoms with Gasteiger partial charge >= 0.3 is 0 Å². The molecule has 1 heterocycles. The quantitative estimate of drug-likeness (QED) is 0.180. The number of H-pyrrole nitrogens is 1. The second-order valence-corrected chi connectivity index (χ2v) is 9.00. The van der Waals surface area contributed by atoms with Crippen LogP contribution < -0.4 is 0 Å². The highest BCUT2D eigenvalue weighted by molar-refractivity contribution is 7.85. The summed E-state index contributed by atoms with van der Waals surface area (Å²) in [5.74, 6) is 0.688. The van der Waals surface area contributed by atoms with E-state index in [1.54, 1.807) is 12.1 Å². The predicted molar refractivity (Wildman–Crippen MR) is 138 cm³/mol. The van der Waals surface area contributed by atoms with Gasteiger partial charge in [-0.15, -0.1) is 0 Å². The monoisotopic (exact) mass is 482 g/mol. The van der Waals surface area contributed by atoms with Crippen LogP contribution in [0.25, 0.3) is 28.5 Å². The number of ketones is 1. The SMILES string of the molecule is O=C(/C=C\c1ccccc1)c1ccccc1.O=S(=O)(O)c1ccc2nc(-c3ccccc3)[nH]c2c1. The molecule has 0 aliphatic heterocycles. The summed E-state index contributed by atoms with van der Waals surface area (Å²) in [6.45, 7) is 0. The van der Waals surface area contributed by atoms with Crippen molar-refractivity contribution in [2.45, 2.75) is 4.90 Å². The summed E-state index contributed by atoms with van der Waals surface area (Å²) in [6, 6.07) is 32.8. The molecule has 0 fully saturated rings. The molecular formula is C28H22N2O4S. The minimum atomic E-state index is -4.20. The van der Waals surface area contributed by atoms with Crippen LogP contribution >= 0.6 is 0 Å². The third-order valence-corrected chi connectivity index (χ3v) is 5.93. The summed E-state index contributed by atoms with van der Waals surface area (Å²) in [5.41, 5.74) is 3.87. The average molecular weight is 483 g/mol. The van der Waals surface area contributed by atoms with Crippen LogP contribution in [0.5, 0.6) is 0 Å². The highest BCUT2D eigenvalue weighted by atomic mass is 32.2. The van der Waals surface area contributed by atoms with E-state index in [0.29, 0.717) is 16.9 Å². The van der Waals surface area contributed by atoms with Crippen molar-refractivity contribution in [2.75, 3.05) is 0 Å². The molecule has 6 nitrogen and oxygen atoms in total. The summed E-state index contributed by atoms with van der Waals surface area (Å²) < 4.78 is 31.2. The molecule has 1 aromatic heterocycles. The molecule has 0 aliphatic carbocycles. The van der Waals surface area contributed by atoms with E-state index in [1.165, 1.54) is 12.1 Å². The van der Waals surface area contributed by atoms with Gasteiger partial charge in [-0.05, 0) is 29.8 Å². The number of nitrogens with zero attached hydrogens (tertiary/aromatic N) is 1. The van der Waals surface area contributed by atoms with Gasteiger partial charge in [-0.25, -0.2) is 4.98 Å². The summed E-state index contributed by atoms with van der Waals surface area (Å²) in [4.78, 5) is 19.0. The molecule has 0 atom stereocenters. The standard InChI is InChI=1S/C15H12O.C13H10N2O3S/c16-15(14-9-5-2-6-10-14)12-11-13-7-3-1-4-8-13;16-19(17,18)10-6-7-11-12(8-10)15-13(14-11)9-4-2-1-3-5-9/h1-12H;1-8H,(H,14,15)(H,16,17,18)/b12-11-;. The number of carbonyl (C=O) groups is 1. The Labute approximate surface area is 203 Å². The highest BCUT2D eigenvalue weighted by Gasteiger charge is 2.12. The number of hydrogen-bond donors (Lipinski definition) is 2. The molecule has 5 aromatic rings. The smallest absolute Gasteiger partial charge is 0.294 e. The summed E-state index contributed by atoms with van der Waals surface area (Å²) in [5, 5.41) is 0. The number of aromatic amines is 1. The van der Waals surface area contributed by atoms with Crippen molar-refractivity contribution in [3.63, 3.8) is 0 Å². The van der Waals surface area contributed by atoms with Crippen molar-refractivity contribution in [2.24, 2.45) is 0 Å². The molecule has 0 aliphatic rings. The van der Waals surface area contributed by atoms with Crippen molar-refractivity contribution in [1.29, 1.82) is 0 Å². The van der Waals surface area contributed by atoms with Crippen LogP contribution in [0.1, 0.15) is 15.9 Å². The number of benzene rings is 4. The second kappa shape index (κ2) is 10.7. The van der Waals surface area contributed by atoms with Crippen LogP contribution in [0.3, 0.4) is 0 Å². The first-order chi connectivity index (χ1) is 16.9. The van der Waals surface area contributed by atoms with Crippen LogP contribution in [0.15, 0.2) is 120 Å². The maximum absolute atomic E-state index is 11.7. The molecular weight excluding hydrogens is 460 g/mol. The predicted octanol–water partition coefficient (Wildman–Crippen LogP) is 6.06. The van der Waals surface area contributed by atoms with E-state index in [2.05, 4.69) is 9.97 Å². The van der Waals surface area contributed by atoms with Gasteiger partial charge in [-0.1, -0.05) is 97.1 Å². The van der Waals surface area contributed by atoms with Gasteiger partial charge < -0.3 is 4.98 Å². The number of hydrogen-bond acceptors (Lipinski definition) is 4. The van der Waals surface area contributed by atoms with Gasteiger partial charge in [0.15, 0.2) is 5.78 Å². The molecule has 0 amide bonds. The van der Waals surface area contributed by atoms with Crippen molar-refractivity contribution < 1.29 is 17.8 Å². The van der Waals surface area contributed by atoms with Crippen molar-refractivity contribution >= 4 is 33.0 Å². The Kier molecular flexibility index (Phi) is 7.30. The maximum atomic E-state index is 11.7. The minimum Gasteiger partial charge on any atom is -0.338 e. The van der Waals surface area contributed by atoms with E-state index in [1.807, 2.05) is 97.1 Å². The number of fused-ring (bicyclic) bond motifs is 1. The third-order valence-electron chi connectivity index (χ3n) is 5.08. The fraction of sp³-hybridized carbons (Fsp3) is 0. The van der Waals surface area contributed by atoms with Gasteiger partial charge in [0.05, 0.1) is 15.9 Å². The summed E-state index contributed by atoms with van der Waals surface area (Å²) >= 11 is 0. The molecule has 35 heavy (non-hydrogen) atoms. The third kappa shape index (κ3) is 6.38. The second-order valence-electron chi connectivity index (χ2n) is 7.58. The lowest BCUT2D eigenvalue weighted by atomic mass is 10.1. The Morgan fingerprint density at radius 3 is 2.03 bits per heavy atom. The Morgan fingerprint density at radius 2 is 1.40 bits per heavy atom. The lowest BCUT2D eigenvalue weighted by Gasteiger charge is -1.95. The maximum Gasteiger partial charge on any atom is 0.294 e. The molecule has 0 radical (unpaired) electrons. The first-order valence-corrected chi connectivity index (χ1v) is 12.2. The van der Waals surface area contributed by atoms with Gasteiger partial charge in [-0.3, -0.25) is 9.35 Å². The van der Waals surface area contributed by atoms with Crippen molar-refractivity contribution in [3.05, 3.63) is 126 Å². The number of allylic oxidation sites excluding steroid dienone is 1. The topological polar surface area (TPSA) is 100 Å². The first kappa shape index (κ1) is 23.8. The van der Waals surface area contributed by atoms with E-state index < -0.39 is 10.1 Å². The molecule has 0 spiro atoms. The number of imidazole rings is 1. The summed E-state index contributed by atoms with van der Waals surface area (Å²) in [7, 11) is -4.20. The lowest BCUT2D eigenvalue weighted by Crippen LogP contribution is -1.97. The Bertz CT molecular complexity index is 1560. The molecule has 5 rings (SSSR count). The Morgan fingerprint density at radius 1 is 0.800 bits per heavy atom. The average Bonchev–Trinajstić information content (AvgIpc) is 3.33. The fourth-order valence-corrected chi connectivity index (χ4v) is 3.82. The van der Waals surface area contributed by atoms with Crippen molar-refractivity contribution in [1.82, 2.24) is 9.97 Å². The highest BCUT2D eigenvalue weighted by Crippen LogP contribution is 2.22. The zero-order valence-corrected chi connectivity index (χ0v) is 19.4.